The summed E-state index contributed by atoms with van der Waals surface area (Å²) >= 11 is 0. The van der Waals surface area contributed by atoms with Crippen LogP contribution in [0.1, 0.15) is 26.2 Å². The molecule has 0 saturated carbocycles. The van der Waals surface area contributed by atoms with Crippen molar-refractivity contribution in [1.29, 1.82) is 0 Å². The maximum absolute atomic E-state index is 10.7. The van der Waals surface area contributed by atoms with Crippen molar-refractivity contribution in [3.8, 4) is 0 Å². The smallest absolute Gasteiger partial charge is 0.303 e. The Hall–Kier alpha value is -0.870. The van der Waals surface area contributed by atoms with Crippen LogP contribution >= 0.6 is 0 Å². The Labute approximate surface area is 90.2 Å². The van der Waals surface area contributed by atoms with Gasteiger partial charge in [-0.25, -0.2) is 0 Å². The molecule has 0 amide bonds. The highest BCUT2D eigenvalue weighted by Gasteiger charge is 2.16. The molecule has 1 aliphatic rings. The number of hydrogen-bond acceptors (Lipinski definition) is 4. The first-order valence-electron chi connectivity index (χ1n) is 5.25. The Kier molecular flexibility index (Phi) is 5.36. The first kappa shape index (κ1) is 12.2. The molecule has 0 aliphatic carbocycles. The second kappa shape index (κ2) is 6.58. The zero-order chi connectivity index (χ0) is 11.1. The molecule has 1 fully saturated rings. The van der Waals surface area contributed by atoms with Gasteiger partial charge in [0.1, 0.15) is 6.10 Å². The van der Waals surface area contributed by atoms with Crippen molar-refractivity contribution in [3.05, 3.63) is 12.7 Å². The summed E-state index contributed by atoms with van der Waals surface area (Å²) in [6, 6.07) is 0. The summed E-state index contributed by atoms with van der Waals surface area (Å²) in [6.07, 6.45) is 3.60. The SMILES string of the molecule is C=C[C@H](CCC1OCCCO1)OC(C)=O. The predicted octanol–water partition coefficient (Wildman–Crippen LogP) is 1.65. The number of rotatable bonds is 5. The highest BCUT2D eigenvalue weighted by molar-refractivity contribution is 5.66. The van der Waals surface area contributed by atoms with Gasteiger partial charge in [-0.3, -0.25) is 4.79 Å². The van der Waals surface area contributed by atoms with E-state index >= 15 is 0 Å². The zero-order valence-electron chi connectivity index (χ0n) is 9.11. The molecule has 0 spiro atoms. The molecular weight excluding hydrogens is 196 g/mol. The largest absolute Gasteiger partial charge is 0.458 e. The molecule has 15 heavy (non-hydrogen) atoms. The zero-order valence-corrected chi connectivity index (χ0v) is 9.11. The van der Waals surface area contributed by atoms with Crippen LogP contribution in [0.15, 0.2) is 12.7 Å². The van der Waals surface area contributed by atoms with Gasteiger partial charge in [0.05, 0.1) is 13.2 Å². The van der Waals surface area contributed by atoms with Gasteiger partial charge < -0.3 is 14.2 Å². The highest BCUT2D eigenvalue weighted by Crippen LogP contribution is 2.13. The summed E-state index contributed by atoms with van der Waals surface area (Å²) < 4.78 is 15.8. The van der Waals surface area contributed by atoms with Crippen molar-refractivity contribution in [2.75, 3.05) is 13.2 Å². The van der Waals surface area contributed by atoms with Crippen LogP contribution < -0.4 is 0 Å². The molecule has 1 rings (SSSR count). The second-order valence-electron chi connectivity index (χ2n) is 3.49. The van der Waals surface area contributed by atoms with Gasteiger partial charge in [-0.2, -0.15) is 0 Å². The van der Waals surface area contributed by atoms with E-state index in [1.165, 1.54) is 6.92 Å². The second-order valence-corrected chi connectivity index (χ2v) is 3.49. The molecule has 0 unspecified atom stereocenters. The minimum absolute atomic E-state index is 0.156. The molecule has 0 aromatic rings. The molecule has 0 aromatic carbocycles. The summed E-state index contributed by atoms with van der Waals surface area (Å²) in [7, 11) is 0. The van der Waals surface area contributed by atoms with E-state index in [1.54, 1.807) is 6.08 Å². The van der Waals surface area contributed by atoms with Crippen LogP contribution in [-0.2, 0) is 19.0 Å². The normalized spacial score (nSPS) is 19.5. The fraction of sp³-hybridized carbons (Fsp3) is 0.727. The number of carbonyl (C=O) groups is 1. The Morgan fingerprint density at radius 3 is 2.80 bits per heavy atom. The van der Waals surface area contributed by atoms with Crippen LogP contribution in [-0.4, -0.2) is 31.6 Å². The molecule has 0 radical (unpaired) electrons. The molecule has 86 valence electrons. The van der Waals surface area contributed by atoms with Gasteiger partial charge in [-0.15, -0.1) is 0 Å². The molecule has 0 bridgehead atoms. The summed E-state index contributed by atoms with van der Waals surface area (Å²) in [5.74, 6) is -0.287. The van der Waals surface area contributed by atoms with Crippen LogP contribution in [0.4, 0.5) is 0 Å². The summed E-state index contributed by atoms with van der Waals surface area (Å²) in [5.41, 5.74) is 0. The van der Waals surface area contributed by atoms with E-state index < -0.39 is 0 Å². The van der Waals surface area contributed by atoms with Gasteiger partial charge >= 0.3 is 5.97 Å². The lowest BCUT2D eigenvalue weighted by molar-refractivity contribution is -0.184. The van der Waals surface area contributed by atoms with Crippen molar-refractivity contribution < 1.29 is 19.0 Å². The third-order valence-corrected chi connectivity index (χ3v) is 2.16. The van der Waals surface area contributed by atoms with Crippen molar-refractivity contribution >= 4 is 5.97 Å². The topological polar surface area (TPSA) is 44.8 Å². The third-order valence-electron chi connectivity index (χ3n) is 2.16. The maximum atomic E-state index is 10.7. The first-order valence-corrected chi connectivity index (χ1v) is 5.25. The summed E-state index contributed by atoms with van der Waals surface area (Å²) in [5, 5.41) is 0. The number of carbonyl (C=O) groups excluding carboxylic acids is 1. The van der Waals surface area contributed by atoms with Gasteiger partial charge in [0.25, 0.3) is 0 Å². The highest BCUT2D eigenvalue weighted by atomic mass is 16.7. The monoisotopic (exact) mass is 214 g/mol. The lowest BCUT2D eigenvalue weighted by Crippen LogP contribution is -2.26. The quantitative estimate of drug-likeness (QED) is 0.515. The van der Waals surface area contributed by atoms with E-state index in [0.29, 0.717) is 6.42 Å². The minimum Gasteiger partial charge on any atom is -0.458 e. The minimum atomic E-state index is -0.287. The standard InChI is InChI=1S/C11H18O4/c1-3-10(15-9(2)12)5-6-11-13-7-4-8-14-11/h3,10-11H,1,4-8H2,2H3/t10-/m1/s1. The molecule has 1 aliphatic heterocycles. The molecule has 0 N–H and O–H groups in total. The Morgan fingerprint density at radius 2 is 2.27 bits per heavy atom. The van der Waals surface area contributed by atoms with E-state index in [1.807, 2.05) is 0 Å². The van der Waals surface area contributed by atoms with Crippen molar-refractivity contribution in [2.24, 2.45) is 0 Å². The predicted molar refractivity (Wildman–Crippen MR) is 55.3 cm³/mol. The fourth-order valence-electron chi connectivity index (χ4n) is 1.44. The molecular formula is C11H18O4. The van der Waals surface area contributed by atoms with Crippen LogP contribution in [0.3, 0.4) is 0 Å². The summed E-state index contributed by atoms with van der Waals surface area (Å²) in [4.78, 5) is 10.7. The van der Waals surface area contributed by atoms with Gasteiger partial charge in [-0.1, -0.05) is 12.7 Å². The van der Waals surface area contributed by atoms with E-state index in [9.17, 15) is 4.79 Å². The average Bonchev–Trinajstić information content (AvgIpc) is 2.25. The van der Waals surface area contributed by atoms with Crippen molar-refractivity contribution in [1.82, 2.24) is 0 Å². The van der Waals surface area contributed by atoms with Crippen LogP contribution in [0.25, 0.3) is 0 Å². The molecule has 1 heterocycles. The summed E-state index contributed by atoms with van der Waals surface area (Å²) in [6.45, 7) is 6.51. The van der Waals surface area contributed by atoms with E-state index in [2.05, 4.69) is 6.58 Å². The third kappa shape index (κ3) is 4.95. The lowest BCUT2D eigenvalue weighted by Gasteiger charge is -2.24. The lowest BCUT2D eigenvalue weighted by atomic mass is 10.2. The fourth-order valence-corrected chi connectivity index (χ4v) is 1.44. The van der Waals surface area contributed by atoms with Crippen molar-refractivity contribution in [3.63, 3.8) is 0 Å². The van der Waals surface area contributed by atoms with Gasteiger partial charge in [-0.05, 0) is 12.8 Å². The maximum Gasteiger partial charge on any atom is 0.303 e. The van der Waals surface area contributed by atoms with Gasteiger partial charge in [0, 0.05) is 13.3 Å². The molecule has 1 atom stereocenters. The van der Waals surface area contributed by atoms with Crippen molar-refractivity contribution in [2.45, 2.75) is 38.6 Å². The molecule has 4 nitrogen and oxygen atoms in total. The molecule has 0 aromatic heterocycles. The number of hydrogen-bond donors (Lipinski definition) is 0. The van der Waals surface area contributed by atoms with Crippen LogP contribution in [0.2, 0.25) is 0 Å². The first-order chi connectivity index (χ1) is 7.22. The number of esters is 1. The number of ether oxygens (including phenoxy) is 3. The van der Waals surface area contributed by atoms with Gasteiger partial charge in [0.2, 0.25) is 0 Å². The Balaban J connectivity index is 2.20. The molecule has 1 saturated heterocycles. The Bertz CT molecular complexity index is 209. The molecule has 4 heteroatoms. The van der Waals surface area contributed by atoms with Crippen LogP contribution in [0, 0.1) is 0 Å². The van der Waals surface area contributed by atoms with Crippen LogP contribution in [0.5, 0.6) is 0 Å². The van der Waals surface area contributed by atoms with Gasteiger partial charge in [0.15, 0.2) is 6.29 Å². The van der Waals surface area contributed by atoms with E-state index in [4.69, 9.17) is 14.2 Å². The Morgan fingerprint density at radius 1 is 1.60 bits per heavy atom. The van der Waals surface area contributed by atoms with E-state index in [-0.39, 0.29) is 18.4 Å². The van der Waals surface area contributed by atoms with E-state index in [0.717, 1.165) is 26.1 Å². The average molecular weight is 214 g/mol.